The predicted molar refractivity (Wildman–Crippen MR) is 130 cm³/mol. The summed E-state index contributed by atoms with van der Waals surface area (Å²) >= 11 is 3.50. The number of hydrogen-bond donors (Lipinski definition) is 0. The van der Waals surface area contributed by atoms with Crippen LogP contribution in [0.3, 0.4) is 0 Å². The highest BCUT2D eigenvalue weighted by atomic mass is 79.9. The fraction of sp³-hybridized carbons (Fsp3) is 0.615. The Bertz CT molecular complexity index is 698. The molecule has 0 heterocycles. The van der Waals surface area contributed by atoms with Crippen molar-refractivity contribution in [2.75, 3.05) is 18.5 Å². The topological polar surface area (TPSA) is 18.5 Å². The molecule has 2 aromatic carbocycles. The highest BCUT2D eigenvalue weighted by Crippen LogP contribution is 2.37. The van der Waals surface area contributed by atoms with Crippen molar-refractivity contribution in [1.82, 2.24) is 0 Å². The lowest BCUT2D eigenvalue weighted by Gasteiger charge is -2.17. The first kappa shape index (κ1) is 24.1. The van der Waals surface area contributed by atoms with Gasteiger partial charge in [0.1, 0.15) is 11.5 Å². The number of unbranched alkanes of at least 4 members (excludes halogenated alkanes) is 8. The molecule has 3 heteroatoms. The fourth-order valence-corrected chi connectivity index (χ4v) is 4.11. The number of fused-ring (bicyclic) bond motifs is 1. The molecule has 0 aliphatic heterocycles. The van der Waals surface area contributed by atoms with Gasteiger partial charge in [-0.05, 0) is 37.3 Å². The molecule has 0 atom stereocenters. The Hall–Kier alpha value is -1.22. The van der Waals surface area contributed by atoms with Crippen LogP contribution in [0.15, 0.2) is 30.3 Å². The van der Waals surface area contributed by atoms with Gasteiger partial charge in [-0.15, -0.1) is 0 Å². The van der Waals surface area contributed by atoms with E-state index in [1.807, 2.05) is 0 Å². The van der Waals surface area contributed by atoms with E-state index < -0.39 is 0 Å². The second kappa shape index (κ2) is 14.7. The van der Waals surface area contributed by atoms with E-state index in [1.165, 1.54) is 67.7 Å². The first-order valence-electron chi connectivity index (χ1n) is 11.7. The van der Waals surface area contributed by atoms with Crippen LogP contribution in [0.25, 0.3) is 10.8 Å². The molecule has 0 N–H and O–H groups in total. The molecule has 0 saturated heterocycles. The van der Waals surface area contributed by atoms with Crippen molar-refractivity contribution >= 4 is 26.7 Å². The molecule has 0 aliphatic carbocycles. The molecule has 2 rings (SSSR count). The van der Waals surface area contributed by atoms with Gasteiger partial charge in [-0.3, -0.25) is 0 Å². The third-order valence-electron chi connectivity index (χ3n) is 5.44. The summed E-state index contributed by atoms with van der Waals surface area (Å²) in [6, 6.07) is 10.7. The zero-order chi connectivity index (χ0) is 20.7. The molecule has 0 aliphatic rings. The highest BCUT2D eigenvalue weighted by molar-refractivity contribution is 9.09. The molecule has 162 valence electrons. The van der Waals surface area contributed by atoms with Crippen LogP contribution in [-0.4, -0.2) is 18.5 Å². The number of benzene rings is 2. The molecule has 2 aromatic rings. The van der Waals surface area contributed by atoms with Gasteiger partial charge >= 0.3 is 0 Å². The Balaban J connectivity index is 2.00. The van der Waals surface area contributed by atoms with E-state index in [2.05, 4.69) is 60.1 Å². The number of rotatable bonds is 16. The number of ether oxygens (including phenoxy) is 2. The van der Waals surface area contributed by atoms with Crippen molar-refractivity contribution in [1.29, 1.82) is 0 Å². The van der Waals surface area contributed by atoms with Crippen molar-refractivity contribution in [3.63, 3.8) is 0 Å². The van der Waals surface area contributed by atoms with Crippen LogP contribution in [0.4, 0.5) is 0 Å². The Morgan fingerprint density at radius 3 is 2.03 bits per heavy atom. The van der Waals surface area contributed by atoms with Crippen molar-refractivity contribution in [2.45, 2.75) is 84.5 Å². The smallest absolute Gasteiger partial charge is 0.130 e. The van der Waals surface area contributed by atoms with Crippen LogP contribution in [0.2, 0.25) is 0 Å². The Labute approximate surface area is 186 Å². The van der Waals surface area contributed by atoms with Crippen LogP contribution in [0, 0.1) is 0 Å². The van der Waals surface area contributed by atoms with E-state index in [9.17, 15) is 0 Å². The molecule has 0 aromatic heterocycles. The Kier molecular flexibility index (Phi) is 12.2. The fourth-order valence-electron chi connectivity index (χ4n) is 3.71. The standard InChI is InChI=1S/C26H39BrO2/c1-3-5-6-7-9-15-20-29-26-22(4-2)21-25(23-16-11-12-17-24(23)26)28-19-14-10-8-13-18-27/h11-12,16-17,21H,3-10,13-15,18-20H2,1-2H3. The van der Waals surface area contributed by atoms with Crippen LogP contribution in [0.5, 0.6) is 11.5 Å². The first-order valence-corrected chi connectivity index (χ1v) is 12.8. The number of aryl methyl sites for hydroxylation is 1. The maximum Gasteiger partial charge on any atom is 0.130 e. The SMILES string of the molecule is CCCCCCCCOc1c(CC)cc(OCCCCCCBr)c2ccccc12. The maximum absolute atomic E-state index is 6.31. The zero-order valence-corrected chi connectivity index (χ0v) is 20.1. The van der Waals surface area contributed by atoms with Gasteiger partial charge in [0.05, 0.1) is 13.2 Å². The summed E-state index contributed by atoms with van der Waals surface area (Å²) in [5, 5.41) is 3.45. The summed E-state index contributed by atoms with van der Waals surface area (Å²) in [6.07, 6.45) is 13.5. The molecule has 0 radical (unpaired) electrons. The van der Waals surface area contributed by atoms with Gasteiger partial charge in [0, 0.05) is 16.1 Å². The molecule has 0 fully saturated rings. The summed E-state index contributed by atoms with van der Waals surface area (Å²) in [6.45, 7) is 6.05. The van der Waals surface area contributed by atoms with E-state index >= 15 is 0 Å². The molecule has 0 unspecified atom stereocenters. The largest absolute Gasteiger partial charge is 0.493 e. The quantitative estimate of drug-likeness (QED) is 0.184. The van der Waals surface area contributed by atoms with Gasteiger partial charge < -0.3 is 9.47 Å². The normalized spacial score (nSPS) is 11.1. The van der Waals surface area contributed by atoms with Gasteiger partial charge in [-0.25, -0.2) is 0 Å². The lowest BCUT2D eigenvalue weighted by atomic mass is 10.0. The summed E-state index contributed by atoms with van der Waals surface area (Å²) in [7, 11) is 0. The Morgan fingerprint density at radius 2 is 1.34 bits per heavy atom. The summed E-state index contributed by atoms with van der Waals surface area (Å²) in [5.74, 6) is 2.06. The second-order valence-electron chi connectivity index (χ2n) is 7.83. The minimum Gasteiger partial charge on any atom is -0.493 e. The average Bonchev–Trinajstić information content (AvgIpc) is 2.76. The molecule has 0 saturated carbocycles. The van der Waals surface area contributed by atoms with Crippen LogP contribution in [0.1, 0.15) is 83.6 Å². The lowest BCUT2D eigenvalue weighted by Crippen LogP contribution is -2.03. The minimum atomic E-state index is 0.785. The monoisotopic (exact) mass is 462 g/mol. The number of hydrogen-bond acceptors (Lipinski definition) is 2. The van der Waals surface area contributed by atoms with Gasteiger partial charge in [-0.1, -0.05) is 99.0 Å². The van der Waals surface area contributed by atoms with Crippen molar-refractivity contribution in [2.24, 2.45) is 0 Å². The van der Waals surface area contributed by atoms with E-state index in [0.717, 1.165) is 49.3 Å². The van der Waals surface area contributed by atoms with Crippen LogP contribution in [-0.2, 0) is 6.42 Å². The van der Waals surface area contributed by atoms with Gasteiger partial charge in [0.15, 0.2) is 0 Å². The minimum absolute atomic E-state index is 0.785. The van der Waals surface area contributed by atoms with Gasteiger partial charge in [0.2, 0.25) is 0 Å². The number of halogens is 1. The lowest BCUT2D eigenvalue weighted by molar-refractivity contribution is 0.299. The highest BCUT2D eigenvalue weighted by Gasteiger charge is 2.13. The molecular formula is C26H39BrO2. The molecule has 0 spiro atoms. The van der Waals surface area contributed by atoms with Crippen molar-refractivity contribution in [3.8, 4) is 11.5 Å². The third-order valence-corrected chi connectivity index (χ3v) is 6.01. The Morgan fingerprint density at radius 1 is 0.724 bits per heavy atom. The average molecular weight is 464 g/mol. The van der Waals surface area contributed by atoms with Gasteiger partial charge in [-0.2, -0.15) is 0 Å². The van der Waals surface area contributed by atoms with E-state index in [4.69, 9.17) is 9.47 Å². The molecule has 0 bridgehead atoms. The van der Waals surface area contributed by atoms with Crippen molar-refractivity contribution in [3.05, 3.63) is 35.9 Å². The summed E-state index contributed by atoms with van der Waals surface area (Å²) < 4.78 is 12.5. The number of alkyl halides is 1. The molecular weight excluding hydrogens is 424 g/mol. The van der Waals surface area contributed by atoms with E-state index in [-0.39, 0.29) is 0 Å². The second-order valence-corrected chi connectivity index (χ2v) is 8.62. The van der Waals surface area contributed by atoms with Crippen molar-refractivity contribution < 1.29 is 9.47 Å². The molecule has 2 nitrogen and oxygen atoms in total. The van der Waals surface area contributed by atoms with E-state index in [0.29, 0.717) is 0 Å². The maximum atomic E-state index is 6.31. The molecule has 29 heavy (non-hydrogen) atoms. The van der Waals surface area contributed by atoms with Crippen LogP contribution < -0.4 is 9.47 Å². The van der Waals surface area contributed by atoms with E-state index in [1.54, 1.807) is 0 Å². The summed E-state index contributed by atoms with van der Waals surface area (Å²) in [4.78, 5) is 0. The predicted octanol–water partition coefficient (Wildman–Crippen LogP) is 8.48. The first-order chi connectivity index (χ1) is 14.3. The van der Waals surface area contributed by atoms with Gasteiger partial charge in [0.25, 0.3) is 0 Å². The third kappa shape index (κ3) is 8.20. The molecule has 0 amide bonds. The van der Waals surface area contributed by atoms with Crippen LogP contribution >= 0.6 is 15.9 Å². The summed E-state index contributed by atoms with van der Waals surface area (Å²) in [5.41, 5.74) is 1.25. The zero-order valence-electron chi connectivity index (χ0n) is 18.5.